The first kappa shape index (κ1) is 14.6. The summed E-state index contributed by atoms with van der Waals surface area (Å²) in [7, 11) is 1.50. The molecule has 0 saturated carbocycles. The molecule has 4 heteroatoms. The predicted molar refractivity (Wildman–Crippen MR) is 83.0 cm³/mol. The Hall–Kier alpha value is -1.78. The standard InChI is InChI=1S/C16H17NO2S/c1-19-11-16(18)17-14-9-7-13(8-10-14)12-20-15-5-3-2-4-6-15/h2-10H,11-12H2,1H3,(H,17,18). The molecular weight excluding hydrogens is 270 g/mol. The maximum Gasteiger partial charge on any atom is 0.250 e. The van der Waals surface area contributed by atoms with Gasteiger partial charge in [0.2, 0.25) is 5.91 Å². The molecule has 3 nitrogen and oxygen atoms in total. The summed E-state index contributed by atoms with van der Waals surface area (Å²) in [6, 6.07) is 18.2. The summed E-state index contributed by atoms with van der Waals surface area (Å²) in [6.45, 7) is 0.0750. The number of amides is 1. The van der Waals surface area contributed by atoms with Crippen molar-refractivity contribution >= 4 is 23.4 Å². The van der Waals surface area contributed by atoms with Gasteiger partial charge in [-0.05, 0) is 29.8 Å². The summed E-state index contributed by atoms with van der Waals surface area (Å²) >= 11 is 1.79. The third kappa shape index (κ3) is 4.72. The Bertz CT molecular complexity index is 540. The van der Waals surface area contributed by atoms with Gasteiger partial charge in [-0.3, -0.25) is 4.79 Å². The summed E-state index contributed by atoms with van der Waals surface area (Å²) in [5.41, 5.74) is 2.02. The van der Waals surface area contributed by atoms with Gasteiger partial charge in [0.1, 0.15) is 6.61 Å². The number of methoxy groups -OCH3 is 1. The SMILES string of the molecule is COCC(=O)Nc1ccc(CSc2ccccc2)cc1. The average Bonchev–Trinajstić information content (AvgIpc) is 2.48. The van der Waals surface area contributed by atoms with Gasteiger partial charge in [-0.25, -0.2) is 0 Å². The number of nitrogens with one attached hydrogen (secondary N) is 1. The lowest BCUT2D eigenvalue weighted by Crippen LogP contribution is -2.16. The first-order valence-electron chi connectivity index (χ1n) is 6.33. The highest BCUT2D eigenvalue weighted by Crippen LogP contribution is 2.22. The first-order chi connectivity index (χ1) is 9.78. The molecule has 0 unspecified atom stereocenters. The van der Waals surface area contributed by atoms with Gasteiger partial charge in [0.25, 0.3) is 0 Å². The smallest absolute Gasteiger partial charge is 0.250 e. The third-order valence-corrected chi connectivity index (χ3v) is 3.75. The fraction of sp³-hybridized carbons (Fsp3) is 0.188. The zero-order valence-corrected chi connectivity index (χ0v) is 12.2. The van der Waals surface area contributed by atoms with E-state index in [9.17, 15) is 4.79 Å². The molecule has 2 aromatic rings. The van der Waals surface area contributed by atoms with Gasteiger partial charge >= 0.3 is 0 Å². The number of benzene rings is 2. The molecule has 0 bridgehead atoms. The van der Waals surface area contributed by atoms with E-state index >= 15 is 0 Å². The number of hydrogen-bond donors (Lipinski definition) is 1. The van der Waals surface area contributed by atoms with Crippen LogP contribution in [0.2, 0.25) is 0 Å². The molecule has 0 atom stereocenters. The molecule has 0 fully saturated rings. The van der Waals surface area contributed by atoms with Crippen molar-refractivity contribution < 1.29 is 9.53 Å². The fourth-order valence-corrected chi connectivity index (χ4v) is 2.57. The topological polar surface area (TPSA) is 38.3 Å². The van der Waals surface area contributed by atoms with Crippen LogP contribution in [0.15, 0.2) is 59.5 Å². The lowest BCUT2D eigenvalue weighted by atomic mass is 10.2. The van der Waals surface area contributed by atoms with E-state index in [0.29, 0.717) is 0 Å². The molecule has 0 aromatic heterocycles. The Labute approximate surface area is 123 Å². The molecule has 2 rings (SSSR count). The van der Waals surface area contributed by atoms with Gasteiger partial charge in [0.05, 0.1) is 0 Å². The van der Waals surface area contributed by atoms with E-state index in [1.165, 1.54) is 17.6 Å². The highest BCUT2D eigenvalue weighted by atomic mass is 32.2. The Morgan fingerprint density at radius 1 is 1.10 bits per heavy atom. The maximum atomic E-state index is 11.4. The second-order valence-electron chi connectivity index (χ2n) is 4.28. The van der Waals surface area contributed by atoms with E-state index in [1.807, 2.05) is 42.5 Å². The van der Waals surface area contributed by atoms with Crippen LogP contribution in [0, 0.1) is 0 Å². The Morgan fingerprint density at radius 3 is 2.45 bits per heavy atom. The van der Waals surface area contributed by atoms with Crippen LogP contribution in [0.25, 0.3) is 0 Å². The maximum absolute atomic E-state index is 11.4. The number of anilines is 1. The quantitative estimate of drug-likeness (QED) is 0.826. The molecule has 0 aliphatic carbocycles. The monoisotopic (exact) mass is 287 g/mol. The van der Waals surface area contributed by atoms with Crippen molar-refractivity contribution in [3.63, 3.8) is 0 Å². The van der Waals surface area contributed by atoms with E-state index in [4.69, 9.17) is 4.74 Å². The number of carbonyl (C=O) groups is 1. The summed E-state index contributed by atoms with van der Waals surface area (Å²) in [6.07, 6.45) is 0. The Kier molecular flexibility index (Phi) is 5.65. The van der Waals surface area contributed by atoms with E-state index in [0.717, 1.165) is 11.4 Å². The molecule has 0 aliphatic heterocycles. The van der Waals surface area contributed by atoms with Gasteiger partial charge in [0, 0.05) is 23.4 Å². The molecule has 0 radical (unpaired) electrons. The molecule has 0 spiro atoms. The van der Waals surface area contributed by atoms with Crippen molar-refractivity contribution in [3.8, 4) is 0 Å². The minimum atomic E-state index is -0.140. The van der Waals surface area contributed by atoms with Crippen LogP contribution in [0.5, 0.6) is 0 Å². The van der Waals surface area contributed by atoms with Crippen LogP contribution in [0.3, 0.4) is 0 Å². The summed E-state index contributed by atoms with van der Waals surface area (Å²) in [5.74, 6) is 0.773. The highest BCUT2D eigenvalue weighted by Gasteiger charge is 2.01. The predicted octanol–water partition coefficient (Wildman–Crippen LogP) is 3.56. The number of hydrogen-bond acceptors (Lipinski definition) is 3. The molecular formula is C16H17NO2S. The lowest BCUT2D eigenvalue weighted by Gasteiger charge is -2.06. The second kappa shape index (κ2) is 7.72. The average molecular weight is 287 g/mol. The van der Waals surface area contributed by atoms with E-state index < -0.39 is 0 Å². The summed E-state index contributed by atoms with van der Waals surface area (Å²) in [5, 5.41) is 2.77. The highest BCUT2D eigenvalue weighted by molar-refractivity contribution is 7.98. The number of ether oxygens (including phenoxy) is 1. The minimum Gasteiger partial charge on any atom is -0.375 e. The van der Waals surface area contributed by atoms with E-state index in [1.54, 1.807) is 11.8 Å². The zero-order chi connectivity index (χ0) is 14.2. The van der Waals surface area contributed by atoms with Gasteiger partial charge in [-0.1, -0.05) is 30.3 Å². The van der Waals surface area contributed by atoms with Crippen molar-refractivity contribution in [3.05, 3.63) is 60.2 Å². The van der Waals surface area contributed by atoms with Crippen LogP contribution in [-0.2, 0) is 15.3 Å². The number of thioether (sulfide) groups is 1. The molecule has 2 aromatic carbocycles. The molecule has 20 heavy (non-hydrogen) atoms. The van der Waals surface area contributed by atoms with Crippen LogP contribution >= 0.6 is 11.8 Å². The molecule has 1 amide bonds. The van der Waals surface area contributed by atoms with Gasteiger partial charge < -0.3 is 10.1 Å². The normalized spacial score (nSPS) is 10.2. The minimum absolute atomic E-state index is 0.0750. The Morgan fingerprint density at radius 2 is 1.80 bits per heavy atom. The van der Waals surface area contributed by atoms with Crippen molar-refractivity contribution in [2.75, 3.05) is 19.0 Å². The molecule has 0 heterocycles. The summed E-state index contributed by atoms with van der Waals surface area (Å²) in [4.78, 5) is 12.6. The van der Waals surface area contributed by atoms with Crippen molar-refractivity contribution in [1.29, 1.82) is 0 Å². The van der Waals surface area contributed by atoms with Gasteiger partial charge in [-0.2, -0.15) is 0 Å². The fourth-order valence-electron chi connectivity index (χ4n) is 1.70. The summed E-state index contributed by atoms with van der Waals surface area (Å²) < 4.78 is 4.77. The largest absolute Gasteiger partial charge is 0.375 e. The third-order valence-electron chi connectivity index (χ3n) is 2.66. The molecule has 0 saturated heterocycles. The van der Waals surface area contributed by atoms with Crippen molar-refractivity contribution in [2.45, 2.75) is 10.6 Å². The van der Waals surface area contributed by atoms with Gasteiger partial charge in [0.15, 0.2) is 0 Å². The van der Waals surface area contributed by atoms with Gasteiger partial charge in [-0.15, -0.1) is 11.8 Å². The van der Waals surface area contributed by atoms with Crippen LogP contribution in [0.1, 0.15) is 5.56 Å². The number of rotatable bonds is 6. The van der Waals surface area contributed by atoms with Crippen LogP contribution < -0.4 is 5.32 Å². The van der Waals surface area contributed by atoms with Crippen molar-refractivity contribution in [2.24, 2.45) is 0 Å². The van der Waals surface area contributed by atoms with Crippen LogP contribution in [0.4, 0.5) is 5.69 Å². The van der Waals surface area contributed by atoms with Crippen LogP contribution in [-0.4, -0.2) is 19.6 Å². The molecule has 0 aliphatic rings. The second-order valence-corrected chi connectivity index (χ2v) is 5.33. The van der Waals surface area contributed by atoms with Crippen molar-refractivity contribution in [1.82, 2.24) is 0 Å². The zero-order valence-electron chi connectivity index (χ0n) is 11.3. The number of carbonyl (C=O) groups excluding carboxylic acids is 1. The molecule has 104 valence electrons. The van der Waals surface area contributed by atoms with E-state index in [2.05, 4.69) is 17.4 Å². The Balaban J connectivity index is 1.87. The first-order valence-corrected chi connectivity index (χ1v) is 7.32. The van der Waals surface area contributed by atoms with E-state index in [-0.39, 0.29) is 12.5 Å². The molecule has 1 N–H and O–H groups in total. The lowest BCUT2D eigenvalue weighted by molar-refractivity contribution is -0.119.